The number of aliphatic hydroxyl groups is 1. The molecule has 3 heterocycles. The topological polar surface area (TPSA) is 69.3 Å². The first-order chi connectivity index (χ1) is 13.1. The van der Waals surface area contributed by atoms with Gasteiger partial charge in [0, 0.05) is 43.4 Å². The van der Waals surface area contributed by atoms with Gasteiger partial charge in [-0.1, -0.05) is 6.07 Å². The number of aliphatic hydroxyl groups excluding tert-OH is 1. The normalized spacial score (nSPS) is 17.5. The van der Waals surface area contributed by atoms with Crippen LogP contribution in [-0.2, 0) is 24.9 Å². The SMILES string of the molecule is Cc1cc(-c2nc3ccc(CO)cc3n2CC2CCCOC2)cn(C)c1=O. The van der Waals surface area contributed by atoms with Gasteiger partial charge in [0.05, 0.1) is 24.2 Å². The molecule has 1 aliphatic rings. The zero-order chi connectivity index (χ0) is 19.0. The lowest BCUT2D eigenvalue weighted by Gasteiger charge is -2.23. The molecule has 1 N–H and O–H groups in total. The molecule has 1 aliphatic heterocycles. The Morgan fingerprint density at radius 3 is 2.89 bits per heavy atom. The number of nitrogens with zero attached hydrogens (tertiary/aromatic N) is 3. The largest absolute Gasteiger partial charge is 0.392 e. The summed E-state index contributed by atoms with van der Waals surface area (Å²) in [6.45, 7) is 4.23. The minimum absolute atomic E-state index is 0.00192. The van der Waals surface area contributed by atoms with Crippen molar-refractivity contribution < 1.29 is 9.84 Å². The third-order valence-electron chi connectivity index (χ3n) is 5.31. The second-order valence-electron chi connectivity index (χ2n) is 7.44. The van der Waals surface area contributed by atoms with Crippen molar-refractivity contribution >= 4 is 11.0 Å². The summed E-state index contributed by atoms with van der Waals surface area (Å²) in [7, 11) is 1.77. The van der Waals surface area contributed by atoms with Gasteiger partial charge in [0.1, 0.15) is 5.82 Å². The summed E-state index contributed by atoms with van der Waals surface area (Å²) in [6, 6.07) is 7.76. The Morgan fingerprint density at radius 2 is 2.19 bits per heavy atom. The zero-order valence-electron chi connectivity index (χ0n) is 15.8. The molecule has 1 unspecified atom stereocenters. The molecular weight excluding hydrogens is 342 g/mol. The van der Waals surface area contributed by atoms with E-state index in [4.69, 9.17) is 9.72 Å². The Kier molecular flexibility index (Phi) is 4.85. The van der Waals surface area contributed by atoms with Crippen molar-refractivity contribution in [3.8, 4) is 11.4 Å². The molecule has 0 bridgehead atoms. The van der Waals surface area contributed by atoms with Crippen LogP contribution in [-0.4, -0.2) is 32.4 Å². The predicted molar refractivity (Wildman–Crippen MR) is 105 cm³/mol. The number of ether oxygens (including phenoxy) is 1. The Morgan fingerprint density at radius 1 is 1.33 bits per heavy atom. The summed E-state index contributed by atoms with van der Waals surface area (Å²) in [6.07, 6.45) is 4.05. The second kappa shape index (κ2) is 7.29. The molecule has 27 heavy (non-hydrogen) atoms. The van der Waals surface area contributed by atoms with Crippen molar-refractivity contribution in [2.45, 2.75) is 32.9 Å². The van der Waals surface area contributed by atoms with Crippen LogP contribution < -0.4 is 5.56 Å². The molecule has 1 saturated heterocycles. The van der Waals surface area contributed by atoms with E-state index >= 15 is 0 Å². The lowest BCUT2D eigenvalue weighted by Crippen LogP contribution is -2.23. The van der Waals surface area contributed by atoms with Crippen LogP contribution in [0.3, 0.4) is 0 Å². The third kappa shape index (κ3) is 3.42. The van der Waals surface area contributed by atoms with E-state index in [9.17, 15) is 9.90 Å². The van der Waals surface area contributed by atoms with E-state index in [1.54, 1.807) is 11.6 Å². The van der Waals surface area contributed by atoms with Crippen molar-refractivity contribution in [1.29, 1.82) is 0 Å². The van der Waals surface area contributed by atoms with Gasteiger partial charge in [0.2, 0.25) is 0 Å². The Labute approximate surface area is 158 Å². The first kappa shape index (κ1) is 17.9. The quantitative estimate of drug-likeness (QED) is 0.770. The number of aryl methyl sites for hydroxylation is 2. The van der Waals surface area contributed by atoms with E-state index < -0.39 is 0 Å². The monoisotopic (exact) mass is 367 g/mol. The highest BCUT2D eigenvalue weighted by Crippen LogP contribution is 2.28. The molecule has 4 rings (SSSR count). The summed E-state index contributed by atoms with van der Waals surface area (Å²) in [5.74, 6) is 1.28. The van der Waals surface area contributed by atoms with E-state index in [2.05, 4.69) is 4.57 Å². The van der Waals surface area contributed by atoms with Gasteiger partial charge in [0.15, 0.2) is 0 Å². The number of pyridine rings is 1. The summed E-state index contributed by atoms with van der Waals surface area (Å²) in [4.78, 5) is 17.0. The molecular formula is C21H25N3O3. The highest BCUT2D eigenvalue weighted by Gasteiger charge is 2.20. The fourth-order valence-electron chi connectivity index (χ4n) is 3.88. The standard InChI is InChI=1S/C21H25N3O3/c1-14-8-17(11-23(2)21(14)26)20-22-18-6-5-15(12-25)9-19(18)24(20)10-16-4-3-7-27-13-16/h5-6,8-9,11,16,25H,3-4,7,10,12-13H2,1-2H3. The fraction of sp³-hybridized carbons (Fsp3) is 0.429. The number of imidazole rings is 1. The van der Waals surface area contributed by atoms with Gasteiger partial charge in [-0.25, -0.2) is 4.98 Å². The lowest BCUT2D eigenvalue weighted by molar-refractivity contribution is 0.0489. The summed E-state index contributed by atoms with van der Waals surface area (Å²) in [5.41, 5.74) is 4.40. The molecule has 1 aromatic carbocycles. The zero-order valence-corrected chi connectivity index (χ0v) is 15.8. The minimum Gasteiger partial charge on any atom is -0.392 e. The smallest absolute Gasteiger partial charge is 0.253 e. The summed E-state index contributed by atoms with van der Waals surface area (Å²) < 4.78 is 9.49. The molecule has 142 valence electrons. The van der Waals surface area contributed by atoms with Gasteiger partial charge in [-0.05, 0) is 43.5 Å². The fourth-order valence-corrected chi connectivity index (χ4v) is 3.88. The highest BCUT2D eigenvalue weighted by atomic mass is 16.5. The average molecular weight is 367 g/mol. The minimum atomic E-state index is 0.00192. The van der Waals surface area contributed by atoms with Gasteiger partial charge in [-0.15, -0.1) is 0 Å². The van der Waals surface area contributed by atoms with E-state index in [1.807, 2.05) is 37.4 Å². The van der Waals surface area contributed by atoms with Gasteiger partial charge in [-0.3, -0.25) is 4.79 Å². The number of hydrogen-bond donors (Lipinski definition) is 1. The van der Waals surface area contributed by atoms with Crippen LogP contribution in [0.15, 0.2) is 35.3 Å². The molecule has 6 heteroatoms. The van der Waals surface area contributed by atoms with Crippen LogP contribution in [0.2, 0.25) is 0 Å². The number of benzene rings is 1. The van der Waals surface area contributed by atoms with Crippen LogP contribution in [0.1, 0.15) is 24.0 Å². The molecule has 3 aromatic rings. The van der Waals surface area contributed by atoms with Crippen LogP contribution in [0.5, 0.6) is 0 Å². The molecule has 0 aliphatic carbocycles. The molecule has 0 spiro atoms. The Balaban J connectivity index is 1.88. The average Bonchev–Trinajstić information content (AvgIpc) is 3.04. The number of hydrogen-bond acceptors (Lipinski definition) is 4. The van der Waals surface area contributed by atoms with Crippen molar-refractivity contribution in [1.82, 2.24) is 14.1 Å². The van der Waals surface area contributed by atoms with Gasteiger partial charge < -0.3 is 19.0 Å². The molecule has 2 aromatic heterocycles. The van der Waals surface area contributed by atoms with Gasteiger partial charge in [0.25, 0.3) is 5.56 Å². The van der Waals surface area contributed by atoms with Crippen molar-refractivity contribution in [2.75, 3.05) is 13.2 Å². The van der Waals surface area contributed by atoms with Crippen molar-refractivity contribution in [3.63, 3.8) is 0 Å². The van der Waals surface area contributed by atoms with Gasteiger partial charge in [-0.2, -0.15) is 0 Å². The number of aromatic nitrogens is 3. The Hall–Kier alpha value is -2.44. The van der Waals surface area contributed by atoms with E-state index in [0.29, 0.717) is 11.5 Å². The maximum atomic E-state index is 12.1. The third-order valence-corrected chi connectivity index (χ3v) is 5.31. The Bertz CT molecular complexity index is 1000. The van der Waals surface area contributed by atoms with E-state index in [-0.39, 0.29) is 12.2 Å². The van der Waals surface area contributed by atoms with Crippen molar-refractivity contribution in [3.05, 3.63) is 51.9 Å². The van der Waals surface area contributed by atoms with Gasteiger partial charge >= 0.3 is 0 Å². The van der Waals surface area contributed by atoms with Crippen molar-refractivity contribution in [2.24, 2.45) is 13.0 Å². The number of rotatable bonds is 4. The van der Waals surface area contributed by atoms with Crippen LogP contribution in [0.4, 0.5) is 0 Å². The maximum Gasteiger partial charge on any atom is 0.253 e. The highest BCUT2D eigenvalue weighted by molar-refractivity contribution is 5.81. The number of fused-ring (bicyclic) bond motifs is 1. The molecule has 0 amide bonds. The van der Waals surface area contributed by atoms with E-state index in [1.165, 1.54) is 0 Å². The van der Waals surface area contributed by atoms with Crippen LogP contribution in [0, 0.1) is 12.8 Å². The van der Waals surface area contributed by atoms with E-state index in [0.717, 1.165) is 60.6 Å². The molecule has 1 fully saturated rings. The van der Waals surface area contributed by atoms with Crippen LogP contribution >= 0.6 is 0 Å². The first-order valence-corrected chi connectivity index (χ1v) is 9.42. The first-order valence-electron chi connectivity index (χ1n) is 9.42. The van der Waals surface area contributed by atoms with Crippen LogP contribution in [0.25, 0.3) is 22.4 Å². The second-order valence-corrected chi connectivity index (χ2v) is 7.44. The molecule has 0 radical (unpaired) electrons. The lowest BCUT2D eigenvalue weighted by atomic mass is 10.0. The molecule has 0 saturated carbocycles. The maximum absolute atomic E-state index is 12.1. The summed E-state index contributed by atoms with van der Waals surface area (Å²) >= 11 is 0. The molecule has 6 nitrogen and oxygen atoms in total. The summed E-state index contributed by atoms with van der Waals surface area (Å²) in [5, 5.41) is 9.55. The predicted octanol–water partition coefficient (Wildman–Crippen LogP) is 2.63. The molecule has 1 atom stereocenters.